The second-order valence-corrected chi connectivity index (χ2v) is 14.0. The molecule has 0 spiro atoms. The number of ether oxygens (including phenoxy) is 1. The molecule has 32 heavy (non-hydrogen) atoms. The smallest absolute Gasteiger partial charge is 0.251 e. The lowest BCUT2D eigenvalue weighted by atomic mass is 10.0. The zero-order valence-electron chi connectivity index (χ0n) is 19.2. The molecule has 1 saturated heterocycles. The second-order valence-electron chi connectivity index (χ2n) is 8.97. The summed E-state index contributed by atoms with van der Waals surface area (Å²) in [7, 11) is 1.72. The fraction of sp³-hybridized carbons (Fsp3) is 0.391. The Morgan fingerprint density at radius 2 is 1.75 bits per heavy atom. The van der Waals surface area contributed by atoms with Gasteiger partial charge in [0.15, 0.2) is 6.35 Å². The van der Waals surface area contributed by atoms with Crippen LogP contribution in [-0.4, -0.2) is 63.0 Å². The van der Waals surface area contributed by atoms with E-state index in [0.717, 1.165) is 0 Å². The van der Waals surface area contributed by atoms with E-state index in [-0.39, 0.29) is 18.4 Å². The number of benzene rings is 2. The third-order valence-electron chi connectivity index (χ3n) is 5.61. The minimum absolute atomic E-state index is 0.277. The zero-order valence-corrected chi connectivity index (χ0v) is 20.2. The molecular weight excluding hydrogens is 424 g/mol. The summed E-state index contributed by atoms with van der Waals surface area (Å²) < 4.78 is 5.22. The molecule has 0 saturated carbocycles. The Labute approximate surface area is 190 Å². The maximum atomic E-state index is 13.4. The second kappa shape index (κ2) is 9.82. The molecule has 0 radical (unpaired) electrons. The summed E-state index contributed by atoms with van der Waals surface area (Å²) >= 11 is 0. The average Bonchev–Trinajstić information content (AvgIpc) is 3.19. The van der Waals surface area contributed by atoms with Gasteiger partial charge in [-0.25, -0.2) is 0 Å². The Bertz CT molecular complexity index is 944. The highest BCUT2D eigenvalue weighted by molar-refractivity contribution is 6.88. The Hall–Kier alpha value is -2.72. The molecule has 0 bridgehead atoms. The first-order valence-electron chi connectivity index (χ1n) is 10.6. The fourth-order valence-electron chi connectivity index (χ4n) is 3.67. The third kappa shape index (κ3) is 5.55. The molecule has 0 aromatic heterocycles. The first kappa shape index (κ1) is 23.9. The van der Waals surface area contributed by atoms with E-state index in [0.29, 0.717) is 17.0 Å². The largest absolute Gasteiger partial charge is 0.497 e. The number of rotatable bonds is 7. The Morgan fingerprint density at radius 3 is 2.25 bits per heavy atom. The molecule has 3 rings (SSSR count). The number of nitrogens with one attached hydrogen (secondary N) is 3. The number of carbonyl (C=O) groups excluding carboxylic acids is 2. The van der Waals surface area contributed by atoms with Gasteiger partial charge in [-0.15, -0.1) is 0 Å². The van der Waals surface area contributed by atoms with E-state index in [1.165, 1.54) is 10.1 Å². The van der Waals surface area contributed by atoms with Crippen LogP contribution in [-0.2, 0) is 9.59 Å². The van der Waals surface area contributed by atoms with Gasteiger partial charge >= 0.3 is 0 Å². The molecule has 9 heteroatoms. The van der Waals surface area contributed by atoms with Gasteiger partial charge in [-0.05, 0) is 29.8 Å². The van der Waals surface area contributed by atoms with Crippen LogP contribution in [0.3, 0.4) is 0 Å². The number of methoxy groups -OCH3 is 1. The summed E-state index contributed by atoms with van der Waals surface area (Å²) in [6.45, 7) is 7.08. The van der Waals surface area contributed by atoms with Crippen LogP contribution in [0.15, 0.2) is 48.5 Å². The predicted molar refractivity (Wildman–Crippen MR) is 127 cm³/mol. The summed E-state index contributed by atoms with van der Waals surface area (Å²) in [6, 6.07) is 13.5. The van der Waals surface area contributed by atoms with Crippen LogP contribution in [0.5, 0.6) is 5.75 Å². The van der Waals surface area contributed by atoms with Gasteiger partial charge in [0, 0.05) is 19.3 Å². The molecule has 4 N–H and O–H groups in total. The van der Waals surface area contributed by atoms with E-state index in [4.69, 9.17) is 4.74 Å². The minimum atomic E-state index is -1.44. The van der Waals surface area contributed by atoms with Gasteiger partial charge < -0.3 is 20.1 Å². The summed E-state index contributed by atoms with van der Waals surface area (Å²) in [4.78, 5) is 27.8. The van der Waals surface area contributed by atoms with Gasteiger partial charge in [-0.2, -0.15) is 0 Å². The number of aliphatic hydroxyl groups is 1. The highest BCUT2D eigenvalue weighted by atomic mass is 28.3. The molecule has 2 aromatic carbocycles. The number of anilines is 1. The normalized spacial score (nSPS) is 19.3. The number of amides is 2. The lowest BCUT2D eigenvalue weighted by Gasteiger charge is -2.30. The van der Waals surface area contributed by atoms with Crippen molar-refractivity contribution in [2.75, 3.05) is 26.0 Å². The number of likely N-dealkylation sites (N-methyl/N-ethyl adjacent to an activating group) is 1. The highest BCUT2D eigenvalue weighted by Crippen LogP contribution is 2.25. The first-order valence-corrected chi connectivity index (χ1v) is 14.1. The van der Waals surface area contributed by atoms with E-state index >= 15 is 0 Å². The maximum absolute atomic E-state index is 13.4. The van der Waals surface area contributed by atoms with Gasteiger partial charge in [0.1, 0.15) is 17.8 Å². The molecule has 172 valence electrons. The van der Waals surface area contributed by atoms with Crippen molar-refractivity contribution in [3.63, 3.8) is 0 Å². The number of nitrogens with zero attached hydrogens (tertiary/aromatic N) is 1. The van der Waals surface area contributed by atoms with Crippen LogP contribution in [0.4, 0.5) is 5.69 Å². The van der Waals surface area contributed by atoms with Gasteiger partial charge in [-0.3, -0.25) is 20.2 Å². The molecule has 3 unspecified atom stereocenters. The quantitative estimate of drug-likeness (QED) is 0.467. The summed E-state index contributed by atoms with van der Waals surface area (Å²) in [6.07, 6.45) is -0.949. The predicted octanol–water partition coefficient (Wildman–Crippen LogP) is 1.22. The molecule has 1 fully saturated rings. The van der Waals surface area contributed by atoms with Crippen LogP contribution in [0, 0.1) is 0 Å². The summed E-state index contributed by atoms with van der Waals surface area (Å²) in [5, 5.41) is 19.4. The van der Waals surface area contributed by atoms with Crippen molar-refractivity contribution in [1.82, 2.24) is 15.5 Å². The van der Waals surface area contributed by atoms with Gasteiger partial charge in [-0.1, -0.05) is 49.1 Å². The Morgan fingerprint density at radius 1 is 1.12 bits per heavy atom. The van der Waals surface area contributed by atoms with Crippen molar-refractivity contribution in [2.45, 2.75) is 38.1 Å². The lowest BCUT2D eigenvalue weighted by molar-refractivity contribution is -0.138. The monoisotopic (exact) mass is 456 g/mol. The molecule has 2 amide bonds. The minimum Gasteiger partial charge on any atom is -0.497 e. The number of carbonyl (C=O) groups is 2. The van der Waals surface area contributed by atoms with Crippen LogP contribution in [0.25, 0.3) is 0 Å². The van der Waals surface area contributed by atoms with Crippen LogP contribution >= 0.6 is 0 Å². The standard InChI is InChI=1S/C23H32N4O4Si/c1-27(22(29)19-14-24-23(30)26-19)20(15-6-10-17(31-2)11-7-15)21(28)25-16-8-12-18(13-9-16)32(3,4)5/h6-13,19-20,23-24,26,30H,14H2,1-5H3,(H,25,28). The van der Waals surface area contributed by atoms with Crippen molar-refractivity contribution in [3.8, 4) is 5.75 Å². The van der Waals surface area contributed by atoms with Crippen molar-refractivity contribution in [3.05, 3.63) is 54.1 Å². The van der Waals surface area contributed by atoms with Crippen molar-refractivity contribution in [1.29, 1.82) is 0 Å². The maximum Gasteiger partial charge on any atom is 0.251 e. The van der Waals surface area contributed by atoms with Crippen LogP contribution in [0.2, 0.25) is 19.6 Å². The number of hydrogen-bond acceptors (Lipinski definition) is 6. The van der Waals surface area contributed by atoms with Crippen molar-refractivity contribution >= 4 is 30.8 Å². The highest BCUT2D eigenvalue weighted by Gasteiger charge is 2.35. The lowest BCUT2D eigenvalue weighted by Crippen LogP contribution is -2.48. The SMILES string of the molecule is COc1ccc(C(C(=O)Nc2ccc([Si](C)(C)C)cc2)N(C)C(=O)C2CNC(O)N2)cc1. The van der Waals surface area contributed by atoms with E-state index in [2.05, 4.69) is 47.7 Å². The first-order chi connectivity index (χ1) is 15.1. The van der Waals surface area contributed by atoms with Gasteiger partial charge in [0.25, 0.3) is 5.91 Å². The third-order valence-corrected chi connectivity index (χ3v) is 7.67. The Kier molecular flexibility index (Phi) is 7.35. The molecular formula is C23H32N4O4Si. The fourth-order valence-corrected chi connectivity index (χ4v) is 4.84. The van der Waals surface area contributed by atoms with Crippen molar-refractivity contribution < 1.29 is 19.4 Å². The van der Waals surface area contributed by atoms with Crippen molar-refractivity contribution in [2.24, 2.45) is 0 Å². The average molecular weight is 457 g/mol. The van der Waals surface area contributed by atoms with E-state index in [1.54, 1.807) is 38.4 Å². The van der Waals surface area contributed by atoms with Gasteiger partial charge in [0.05, 0.1) is 15.2 Å². The Balaban J connectivity index is 1.85. The summed E-state index contributed by atoms with van der Waals surface area (Å²) in [5.74, 6) is 0.0472. The van der Waals surface area contributed by atoms with E-state index < -0.39 is 26.5 Å². The molecule has 8 nitrogen and oxygen atoms in total. The van der Waals surface area contributed by atoms with Crippen LogP contribution in [0.1, 0.15) is 11.6 Å². The number of aliphatic hydroxyl groups excluding tert-OH is 1. The van der Waals surface area contributed by atoms with E-state index in [9.17, 15) is 14.7 Å². The van der Waals surface area contributed by atoms with Crippen LogP contribution < -0.4 is 25.9 Å². The zero-order chi connectivity index (χ0) is 23.5. The molecule has 3 atom stereocenters. The molecule has 1 heterocycles. The van der Waals surface area contributed by atoms with Gasteiger partial charge in [0.2, 0.25) is 5.91 Å². The topological polar surface area (TPSA) is 103 Å². The molecule has 0 aliphatic carbocycles. The number of hydrogen-bond donors (Lipinski definition) is 4. The summed E-state index contributed by atoms with van der Waals surface area (Å²) in [5.41, 5.74) is 1.33. The molecule has 1 aliphatic rings. The molecule has 1 aliphatic heterocycles. The van der Waals surface area contributed by atoms with E-state index in [1.807, 2.05) is 12.1 Å². The molecule has 2 aromatic rings.